The molecule has 0 spiro atoms. The van der Waals surface area contributed by atoms with Gasteiger partial charge in [0, 0.05) is 13.2 Å². The molecule has 4 nitrogen and oxygen atoms in total. The standard InChI is InChI=1S/C12H23NO3/c1-10(9-16-3)13(2)12(11(14)15)7-5-4-6-8-12/h10H,4-9H2,1-3H3,(H,14,15). The Balaban J connectivity index is 2.79. The van der Waals surface area contributed by atoms with Crippen molar-refractivity contribution >= 4 is 5.97 Å². The fourth-order valence-corrected chi connectivity index (χ4v) is 2.63. The number of methoxy groups -OCH3 is 1. The summed E-state index contributed by atoms with van der Waals surface area (Å²) in [5.74, 6) is -0.683. The Hall–Kier alpha value is -0.610. The molecule has 0 bridgehead atoms. The van der Waals surface area contributed by atoms with Crippen molar-refractivity contribution in [3.63, 3.8) is 0 Å². The van der Waals surface area contributed by atoms with Gasteiger partial charge in [0.25, 0.3) is 0 Å². The predicted octanol–water partition coefficient (Wildman–Crippen LogP) is 1.74. The molecular formula is C12H23NO3. The van der Waals surface area contributed by atoms with E-state index in [9.17, 15) is 9.90 Å². The monoisotopic (exact) mass is 229 g/mol. The van der Waals surface area contributed by atoms with Gasteiger partial charge in [-0.1, -0.05) is 19.3 Å². The van der Waals surface area contributed by atoms with Gasteiger partial charge in [0.2, 0.25) is 0 Å². The third-order valence-corrected chi connectivity index (χ3v) is 3.82. The summed E-state index contributed by atoms with van der Waals surface area (Å²) in [6, 6.07) is 0.138. The predicted molar refractivity (Wildman–Crippen MR) is 62.6 cm³/mol. The van der Waals surface area contributed by atoms with Gasteiger partial charge in [-0.25, -0.2) is 0 Å². The highest BCUT2D eigenvalue weighted by Gasteiger charge is 2.44. The Bertz CT molecular complexity index is 236. The number of hydrogen-bond donors (Lipinski definition) is 1. The summed E-state index contributed by atoms with van der Waals surface area (Å²) in [5.41, 5.74) is -0.670. The Morgan fingerprint density at radius 1 is 1.44 bits per heavy atom. The highest BCUT2D eigenvalue weighted by atomic mass is 16.5. The molecule has 94 valence electrons. The van der Waals surface area contributed by atoms with E-state index in [0.29, 0.717) is 6.61 Å². The van der Waals surface area contributed by atoms with Crippen molar-refractivity contribution in [3.8, 4) is 0 Å². The van der Waals surface area contributed by atoms with Crippen LogP contribution >= 0.6 is 0 Å². The summed E-state index contributed by atoms with van der Waals surface area (Å²) >= 11 is 0. The lowest BCUT2D eigenvalue weighted by Crippen LogP contribution is -2.57. The molecular weight excluding hydrogens is 206 g/mol. The molecule has 1 saturated carbocycles. The number of hydrogen-bond acceptors (Lipinski definition) is 3. The van der Waals surface area contributed by atoms with Crippen LogP contribution in [-0.4, -0.2) is 48.3 Å². The van der Waals surface area contributed by atoms with Crippen molar-refractivity contribution in [2.24, 2.45) is 0 Å². The number of aliphatic carboxylic acids is 1. The summed E-state index contributed by atoms with van der Waals surface area (Å²) in [7, 11) is 3.56. The number of rotatable bonds is 5. The van der Waals surface area contributed by atoms with Crippen LogP contribution in [0.25, 0.3) is 0 Å². The van der Waals surface area contributed by atoms with Gasteiger partial charge in [-0.15, -0.1) is 0 Å². The van der Waals surface area contributed by atoms with E-state index in [0.717, 1.165) is 32.1 Å². The van der Waals surface area contributed by atoms with Crippen molar-refractivity contribution in [1.29, 1.82) is 0 Å². The molecule has 1 aliphatic rings. The minimum absolute atomic E-state index is 0.138. The van der Waals surface area contributed by atoms with Crippen molar-refractivity contribution in [2.75, 3.05) is 20.8 Å². The molecule has 1 N–H and O–H groups in total. The van der Waals surface area contributed by atoms with E-state index in [1.54, 1.807) is 7.11 Å². The number of carboxylic acid groups (broad SMARTS) is 1. The number of ether oxygens (including phenoxy) is 1. The van der Waals surface area contributed by atoms with Gasteiger partial charge in [-0.05, 0) is 26.8 Å². The number of nitrogens with zero attached hydrogens (tertiary/aromatic N) is 1. The van der Waals surface area contributed by atoms with Crippen molar-refractivity contribution < 1.29 is 14.6 Å². The topological polar surface area (TPSA) is 49.8 Å². The van der Waals surface area contributed by atoms with E-state index in [1.807, 2.05) is 18.9 Å². The SMILES string of the molecule is COCC(C)N(C)C1(C(=O)O)CCCCC1. The van der Waals surface area contributed by atoms with E-state index in [-0.39, 0.29) is 6.04 Å². The second kappa shape index (κ2) is 5.64. The number of likely N-dealkylation sites (N-methyl/N-ethyl adjacent to an activating group) is 1. The van der Waals surface area contributed by atoms with E-state index in [4.69, 9.17) is 4.74 Å². The summed E-state index contributed by atoms with van der Waals surface area (Å²) < 4.78 is 5.11. The molecule has 0 aliphatic heterocycles. The molecule has 0 aromatic rings. The average Bonchev–Trinajstić information content (AvgIpc) is 2.29. The summed E-state index contributed by atoms with van der Waals surface area (Å²) in [6.45, 7) is 2.59. The summed E-state index contributed by atoms with van der Waals surface area (Å²) in [6.07, 6.45) is 4.69. The average molecular weight is 229 g/mol. The van der Waals surface area contributed by atoms with E-state index in [2.05, 4.69) is 0 Å². The van der Waals surface area contributed by atoms with Crippen LogP contribution in [0.15, 0.2) is 0 Å². The Kier molecular flexibility index (Phi) is 4.74. The lowest BCUT2D eigenvalue weighted by molar-refractivity contribution is -0.155. The molecule has 1 atom stereocenters. The molecule has 0 radical (unpaired) electrons. The first kappa shape index (κ1) is 13.5. The van der Waals surface area contributed by atoms with Crippen LogP contribution in [0.3, 0.4) is 0 Å². The van der Waals surface area contributed by atoms with Gasteiger partial charge in [-0.2, -0.15) is 0 Å². The third-order valence-electron chi connectivity index (χ3n) is 3.82. The molecule has 0 aromatic carbocycles. The number of carboxylic acids is 1. The first-order chi connectivity index (χ1) is 7.54. The summed E-state index contributed by atoms with van der Waals surface area (Å²) in [5, 5.41) is 9.49. The minimum atomic E-state index is -0.683. The van der Waals surface area contributed by atoms with Gasteiger partial charge in [-0.3, -0.25) is 9.69 Å². The van der Waals surface area contributed by atoms with Gasteiger partial charge in [0.05, 0.1) is 6.61 Å². The zero-order chi connectivity index (χ0) is 12.2. The zero-order valence-corrected chi connectivity index (χ0v) is 10.5. The zero-order valence-electron chi connectivity index (χ0n) is 10.5. The Morgan fingerprint density at radius 3 is 2.44 bits per heavy atom. The lowest BCUT2D eigenvalue weighted by atomic mass is 9.80. The Morgan fingerprint density at radius 2 is 2.00 bits per heavy atom. The molecule has 1 fully saturated rings. The maximum absolute atomic E-state index is 11.5. The van der Waals surface area contributed by atoms with E-state index in [1.165, 1.54) is 0 Å². The smallest absolute Gasteiger partial charge is 0.324 e. The maximum Gasteiger partial charge on any atom is 0.324 e. The second-order valence-corrected chi connectivity index (χ2v) is 4.81. The normalized spacial score (nSPS) is 22.0. The highest BCUT2D eigenvalue weighted by Crippen LogP contribution is 2.34. The van der Waals surface area contributed by atoms with Gasteiger partial charge in [0.1, 0.15) is 5.54 Å². The van der Waals surface area contributed by atoms with Gasteiger partial charge >= 0.3 is 5.97 Å². The minimum Gasteiger partial charge on any atom is -0.480 e. The highest BCUT2D eigenvalue weighted by molar-refractivity contribution is 5.79. The molecule has 1 aliphatic carbocycles. The van der Waals surface area contributed by atoms with Gasteiger partial charge in [0.15, 0.2) is 0 Å². The van der Waals surface area contributed by atoms with Crippen LogP contribution in [0.5, 0.6) is 0 Å². The van der Waals surface area contributed by atoms with Crippen LogP contribution in [-0.2, 0) is 9.53 Å². The fourth-order valence-electron chi connectivity index (χ4n) is 2.63. The van der Waals surface area contributed by atoms with Crippen LogP contribution in [0, 0.1) is 0 Å². The first-order valence-electron chi connectivity index (χ1n) is 6.00. The second-order valence-electron chi connectivity index (χ2n) is 4.81. The maximum atomic E-state index is 11.5. The molecule has 0 aromatic heterocycles. The van der Waals surface area contributed by atoms with Crippen molar-refractivity contribution in [3.05, 3.63) is 0 Å². The molecule has 1 rings (SSSR count). The molecule has 16 heavy (non-hydrogen) atoms. The van der Waals surface area contributed by atoms with E-state index >= 15 is 0 Å². The lowest BCUT2D eigenvalue weighted by Gasteiger charge is -2.43. The third kappa shape index (κ3) is 2.55. The van der Waals surface area contributed by atoms with Crippen molar-refractivity contribution in [1.82, 2.24) is 4.90 Å². The largest absolute Gasteiger partial charge is 0.480 e. The molecule has 1 unspecified atom stereocenters. The quantitative estimate of drug-likeness (QED) is 0.780. The van der Waals surface area contributed by atoms with Crippen molar-refractivity contribution in [2.45, 2.75) is 50.6 Å². The van der Waals surface area contributed by atoms with Crippen LogP contribution in [0.2, 0.25) is 0 Å². The van der Waals surface area contributed by atoms with Gasteiger partial charge < -0.3 is 9.84 Å². The Labute approximate surface area is 97.6 Å². The summed E-state index contributed by atoms with van der Waals surface area (Å²) in [4.78, 5) is 13.5. The molecule has 0 saturated heterocycles. The molecule has 0 amide bonds. The van der Waals surface area contributed by atoms with E-state index < -0.39 is 11.5 Å². The fraction of sp³-hybridized carbons (Fsp3) is 0.917. The van der Waals surface area contributed by atoms with Crippen LogP contribution in [0.1, 0.15) is 39.0 Å². The number of carbonyl (C=O) groups is 1. The molecule has 0 heterocycles. The first-order valence-corrected chi connectivity index (χ1v) is 6.00. The molecule has 4 heteroatoms. The van der Waals surface area contributed by atoms with Crippen LogP contribution < -0.4 is 0 Å². The van der Waals surface area contributed by atoms with Crippen LogP contribution in [0.4, 0.5) is 0 Å².